The van der Waals surface area contributed by atoms with Crippen molar-refractivity contribution in [3.8, 4) is 0 Å². The Kier molecular flexibility index (Phi) is 5.81. The number of carbonyl (C=O) groups excluding carboxylic acids is 2. The van der Waals surface area contributed by atoms with Crippen LogP contribution in [0.3, 0.4) is 0 Å². The molecule has 3 aromatic carbocycles. The van der Waals surface area contributed by atoms with Crippen LogP contribution < -0.4 is 5.32 Å². The Hall–Kier alpha value is -3.51. The molecular formula is C21H15ClN2O4. The molecule has 28 heavy (non-hydrogen) atoms. The number of rotatable bonds is 6. The number of amides is 1. The second kappa shape index (κ2) is 8.45. The summed E-state index contributed by atoms with van der Waals surface area (Å²) < 4.78 is 0. The summed E-state index contributed by atoms with van der Waals surface area (Å²) in [5.74, 6) is -0.978. The number of anilines is 1. The molecular weight excluding hydrogens is 380 g/mol. The molecule has 0 spiro atoms. The van der Waals surface area contributed by atoms with E-state index in [9.17, 15) is 19.7 Å². The zero-order chi connectivity index (χ0) is 20.1. The van der Waals surface area contributed by atoms with Gasteiger partial charge in [-0.2, -0.15) is 0 Å². The van der Waals surface area contributed by atoms with Gasteiger partial charge in [0.2, 0.25) is 5.91 Å². The second-order valence-corrected chi connectivity index (χ2v) is 6.38. The van der Waals surface area contributed by atoms with Gasteiger partial charge in [0, 0.05) is 17.7 Å². The number of halogens is 1. The number of non-ortho nitro benzene ring substituents is 1. The van der Waals surface area contributed by atoms with Gasteiger partial charge in [-0.3, -0.25) is 19.7 Å². The van der Waals surface area contributed by atoms with Gasteiger partial charge in [-0.25, -0.2) is 0 Å². The van der Waals surface area contributed by atoms with Crippen LogP contribution in [-0.4, -0.2) is 16.6 Å². The van der Waals surface area contributed by atoms with E-state index in [1.165, 1.54) is 12.1 Å². The monoisotopic (exact) mass is 394 g/mol. The fourth-order valence-corrected chi connectivity index (χ4v) is 2.86. The normalized spacial score (nSPS) is 11.5. The van der Waals surface area contributed by atoms with E-state index in [1.54, 1.807) is 60.7 Å². The Labute approximate surface area is 165 Å². The molecule has 0 aliphatic heterocycles. The van der Waals surface area contributed by atoms with Crippen molar-refractivity contribution in [1.29, 1.82) is 0 Å². The minimum absolute atomic E-state index is 0.0191. The summed E-state index contributed by atoms with van der Waals surface area (Å²) in [7, 11) is 0. The van der Waals surface area contributed by atoms with Gasteiger partial charge >= 0.3 is 0 Å². The van der Waals surface area contributed by atoms with Crippen LogP contribution in [0.25, 0.3) is 0 Å². The zero-order valence-corrected chi connectivity index (χ0v) is 15.3. The van der Waals surface area contributed by atoms with Crippen LogP contribution >= 0.6 is 11.6 Å². The Morgan fingerprint density at radius 3 is 2.14 bits per heavy atom. The van der Waals surface area contributed by atoms with E-state index in [0.29, 0.717) is 11.1 Å². The molecule has 0 fully saturated rings. The predicted molar refractivity (Wildman–Crippen MR) is 107 cm³/mol. The summed E-state index contributed by atoms with van der Waals surface area (Å²) in [6, 6.07) is 20.8. The summed E-state index contributed by atoms with van der Waals surface area (Å²) in [5, 5.41) is 12.8. The highest BCUT2D eigenvalue weighted by molar-refractivity contribution is 6.32. The van der Waals surface area contributed by atoms with Crippen molar-refractivity contribution in [2.24, 2.45) is 0 Å². The smallest absolute Gasteiger partial charge is 0.270 e. The van der Waals surface area contributed by atoms with Crippen molar-refractivity contribution in [3.05, 3.63) is 106 Å². The molecule has 3 rings (SSSR count). The number of hydrogen-bond donors (Lipinski definition) is 1. The van der Waals surface area contributed by atoms with E-state index in [4.69, 9.17) is 11.6 Å². The van der Waals surface area contributed by atoms with Gasteiger partial charge in [0.15, 0.2) is 5.78 Å². The first-order valence-electron chi connectivity index (χ1n) is 8.35. The molecule has 140 valence electrons. The molecule has 6 nitrogen and oxygen atoms in total. The molecule has 0 bridgehead atoms. The van der Waals surface area contributed by atoms with E-state index >= 15 is 0 Å². The van der Waals surface area contributed by atoms with E-state index in [0.717, 1.165) is 6.07 Å². The second-order valence-electron chi connectivity index (χ2n) is 5.94. The van der Waals surface area contributed by atoms with E-state index in [1.807, 2.05) is 0 Å². The lowest BCUT2D eigenvalue weighted by Crippen LogP contribution is -2.19. The topological polar surface area (TPSA) is 89.3 Å². The van der Waals surface area contributed by atoms with Gasteiger partial charge in [-0.1, -0.05) is 60.7 Å². The number of hydrogen-bond acceptors (Lipinski definition) is 4. The number of nitro benzene ring substituents is 1. The first kappa shape index (κ1) is 19.3. The Balaban J connectivity index is 1.95. The maximum absolute atomic E-state index is 12.9. The minimum Gasteiger partial charge on any atom is -0.324 e. The third kappa shape index (κ3) is 4.24. The van der Waals surface area contributed by atoms with Crippen LogP contribution in [-0.2, 0) is 4.79 Å². The number of carbonyl (C=O) groups is 2. The quantitative estimate of drug-likeness (QED) is 0.283. The lowest BCUT2D eigenvalue weighted by Gasteiger charge is -2.14. The van der Waals surface area contributed by atoms with Crippen molar-refractivity contribution >= 4 is 34.7 Å². The number of nitro groups is 1. The van der Waals surface area contributed by atoms with Crippen molar-refractivity contribution < 1.29 is 14.5 Å². The molecule has 1 amide bonds. The predicted octanol–water partition coefficient (Wildman–Crippen LogP) is 4.74. The fraction of sp³-hybridized carbons (Fsp3) is 0.0476. The molecule has 0 saturated heterocycles. The molecule has 0 aromatic heterocycles. The van der Waals surface area contributed by atoms with Crippen molar-refractivity contribution in [1.82, 2.24) is 0 Å². The molecule has 0 saturated carbocycles. The highest BCUT2D eigenvalue weighted by atomic mass is 35.5. The summed E-state index contributed by atoms with van der Waals surface area (Å²) in [6.07, 6.45) is 0. The van der Waals surface area contributed by atoms with Gasteiger partial charge in [0.05, 0.1) is 16.2 Å². The minimum atomic E-state index is -0.976. The number of alkyl halides is 1. The third-order valence-electron chi connectivity index (χ3n) is 4.07. The first-order valence-corrected chi connectivity index (χ1v) is 8.79. The van der Waals surface area contributed by atoms with E-state index in [-0.39, 0.29) is 16.9 Å². The molecule has 1 atom stereocenters. The van der Waals surface area contributed by atoms with Gasteiger partial charge < -0.3 is 5.32 Å². The number of nitrogens with zero attached hydrogens (tertiary/aromatic N) is 1. The maximum Gasteiger partial charge on any atom is 0.270 e. The zero-order valence-electron chi connectivity index (χ0n) is 14.5. The molecule has 1 N–H and O–H groups in total. The summed E-state index contributed by atoms with van der Waals surface area (Å²) in [6.45, 7) is 0. The number of nitrogens with one attached hydrogen (secondary N) is 1. The van der Waals surface area contributed by atoms with Crippen LogP contribution in [0, 0.1) is 10.1 Å². The van der Waals surface area contributed by atoms with Gasteiger partial charge in [0.25, 0.3) is 5.69 Å². The summed E-state index contributed by atoms with van der Waals surface area (Å²) in [5.41, 5.74) is 0.878. The van der Waals surface area contributed by atoms with Crippen LogP contribution in [0.4, 0.5) is 11.4 Å². The Bertz CT molecular complexity index is 1020. The highest BCUT2D eigenvalue weighted by Gasteiger charge is 2.23. The molecule has 0 aliphatic carbocycles. The third-order valence-corrected chi connectivity index (χ3v) is 4.53. The highest BCUT2D eigenvalue weighted by Crippen LogP contribution is 2.27. The maximum atomic E-state index is 12.9. The standard InChI is InChI=1S/C21H15ClN2O4/c22-19(14-7-3-1-4-8-14)21(26)23-18-12-11-16(24(27)28)13-17(18)20(25)15-9-5-2-6-10-15/h1-13,19H,(H,23,26). The van der Waals surface area contributed by atoms with Crippen LogP contribution in [0.15, 0.2) is 78.9 Å². The van der Waals surface area contributed by atoms with E-state index in [2.05, 4.69) is 5.32 Å². The average Bonchev–Trinajstić information content (AvgIpc) is 2.74. The Morgan fingerprint density at radius 2 is 1.54 bits per heavy atom. The van der Waals surface area contributed by atoms with Gasteiger partial charge in [-0.15, -0.1) is 11.6 Å². The molecule has 7 heteroatoms. The molecule has 0 aliphatic rings. The summed E-state index contributed by atoms with van der Waals surface area (Å²) in [4.78, 5) is 35.9. The molecule has 0 heterocycles. The molecule has 3 aromatic rings. The number of benzene rings is 3. The average molecular weight is 395 g/mol. The lowest BCUT2D eigenvalue weighted by atomic mass is 10.0. The lowest BCUT2D eigenvalue weighted by molar-refractivity contribution is -0.384. The van der Waals surface area contributed by atoms with Gasteiger partial charge in [0.1, 0.15) is 5.38 Å². The number of ketones is 1. The van der Waals surface area contributed by atoms with Crippen LogP contribution in [0.1, 0.15) is 26.9 Å². The van der Waals surface area contributed by atoms with Crippen molar-refractivity contribution in [2.45, 2.75) is 5.38 Å². The van der Waals surface area contributed by atoms with E-state index < -0.39 is 22.0 Å². The van der Waals surface area contributed by atoms with Crippen LogP contribution in [0.2, 0.25) is 0 Å². The van der Waals surface area contributed by atoms with Crippen molar-refractivity contribution in [3.63, 3.8) is 0 Å². The summed E-state index contributed by atoms with van der Waals surface area (Å²) >= 11 is 6.23. The molecule has 0 radical (unpaired) electrons. The first-order chi connectivity index (χ1) is 13.5. The van der Waals surface area contributed by atoms with Crippen LogP contribution in [0.5, 0.6) is 0 Å². The largest absolute Gasteiger partial charge is 0.324 e. The Morgan fingerprint density at radius 1 is 0.929 bits per heavy atom. The fourth-order valence-electron chi connectivity index (χ4n) is 2.66. The SMILES string of the molecule is O=C(c1ccccc1)c1cc([N+](=O)[O-])ccc1NC(=O)C(Cl)c1ccccc1. The van der Waals surface area contributed by atoms with Crippen molar-refractivity contribution in [2.75, 3.05) is 5.32 Å². The van der Waals surface area contributed by atoms with Gasteiger partial charge in [-0.05, 0) is 11.6 Å². The molecule has 1 unspecified atom stereocenters.